The van der Waals surface area contributed by atoms with Gasteiger partial charge in [-0.25, -0.2) is 4.52 Å². The molecule has 1 saturated heterocycles. The standard InChI is InChI=1S/C27H29N5O2/c1-20-7-8-23(16-25(20)29-17-24-6-2-3-10-28-24)27(33)31-13-14-34-19-21(18-31)15-22-5-4-12-32-26(22)9-11-30-32/h2-12,16,21,29H,13-15,17-19H2,1H3/t21-/m0/s1. The summed E-state index contributed by atoms with van der Waals surface area (Å²) in [5.41, 5.74) is 6.02. The first kappa shape index (κ1) is 22.1. The molecule has 0 radical (unpaired) electrons. The van der Waals surface area contributed by atoms with Crippen LogP contribution in [-0.4, -0.2) is 51.7 Å². The summed E-state index contributed by atoms with van der Waals surface area (Å²) < 4.78 is 7.77. The van der Waals surface area contributed by atoms with E-state index in [1.165, 1.54) is 5.56 Å². The second kappa shape index (κ2) is 10.1. The lowest BCUT2D eigenvalue weighted by Crippen LogP contribution is -2.36. The van der Waals surface area contributed by atoms with Gasteiger partial charge in [0.15, 0.2) is 0 Å². The highest BCUT2D eigenvalue weighted by Gasteiger charge is 2.24. The SMILES string of the molecule is Cc1ccc(C(=O)N2CCOC[C@@H](Cc3cccn4nccc34)C2)cc1NCc1ccccn1. The van der Waals surface area contributed by atoms with Crippen molar-refractivity contribution in [3.05, 3.63) is 95.6 Å². The minimum absolute atomic E-state index is 0.0407. The summed E-state index contributed by atoms with van der Waals surface area (Å²) in [6.45, 7) is 5.11. The largest absolute Gasteiger partial charge is 0.379 e. The molecule has 7 heteroatoms. The number of aryl methyl sites for hydroxylation is 1. The number of rotatable bonds is 6. The van der Waals surface area contributed by atoms with Gasteiger partial charge in [-0.15, -0.1) is 0 Å². The first-order valence-corrected chi connectivity index (χ1v) is 11.7. The quantitative estimate of drug-likeness (QED) is 0.476. The van der Waals surface area contributed by atoms with Crippen LogP contribution in [0.15, 0.2) is 73.2 Å². The number of ether oxygens (including phenoxy) is 1. The second-order valence-corrected chi connectivity index (χ2v) is 8.80. The van der Waals surface area contributed by atoms with Gasteiger partial charge in [0.25, 0.3) is 5.91 Å². The molecule has 7 nitrogen and oxygen atoms in total. The average molecular weight is 456 g/mol. The van der Waals surface area contributed by atoms with Gasteiger partial charge < -0.3 is 15.0 Å². The number of nitrogens with zero attached hydrogens (tertiary/aromatic N) is 4. The average Bonchev–Trinajstić information content (AvgIpc) is 3.24. The monoisotopic (exact) mass is 455 g/mol. The van der Waals surface area contributed by atoms with E-state index in [-0.39, 0.29) is 11.8 Å². The smallest absolute Gasteiger partial charge is 0.254 e. The molecule has 1 aliphatic rings. The zero-order chi connectivity index (χ0) is 23.3. The van der Waals surface area contributed by atoms with Crippen LogP contribution >= 0.6 is 0 Å². The van der Waals surface area contributed by atoms with Gasteiger partial charge in [-0.2, -0.15) is 5.10 Å². The molecule has 0 aliphatic carbocycles. The predicted molar refractivity (Wildman–Crippen MR) is 132 cm³/mol. The zero-order valence-electron chi connectivity index (χ0n) is 19.4. The predicted octanol–water partition coefficient (Wildman–Crippen LogP) is 3.98. The van der Waals surface area contributed by atoms with Crippen LogP contribution in [0.5, 0.6) is 0 Å². The fourth-order valence-electron chi connectivity index (χ4n) is 4.50. The van der Waals surface area contributed by atoms with Crippen LogP contribution in [-0.2, 0) is 17.7 Å². The first-order valence-electron chi connectivity index (χ1n) is 11.7. The van der Waals surface area contributed by atoms with E-state index >= 15 is 0 Å². The molecular formula is C27H29N5O2. The minimum atomic E-state index is 0.0407. The van der Waals surface area contributed by atoms with E-state index in [0.717, 1.165) is 28.9 Å². The van der Waals surface area contributed by atoms with Gasteiger partial charge in [0.1, 0.15) is 0 Å². The number of carbonyl (C=O) groups excluding carboxylic acids is 1. The van der Waals surface area contributed by atoms with Crippen LogP contribution < -0.4 is 5.32 Å². The van der Waals surface area contributed by atoms with Crippen LogP contribution in [0.1, 0.15) is 27.2 Å². The molecule has 0 unspecified atom stereocenters. The van der Waals surface area contributed by atoms with Gasteiger partial charge >= 0.3 is 0 Å². The number of aromatic nitrogens is 3. The van der Waals surface area contributed by atoms with E-state index in [1.807, 2.05) is 77.3 Å². The molecule has 0 spiro atoms. The van der Waals surface area contributed by atoms with Crippen LogP contribution in [0, 0.1) is 12.8 Å². The third-order valence-corrected chi connectivity index (χ3v) is 6.33. The highest BCUT2D eigenvalue weighted by molar-refractivity contribution is 5.95. The molecule has 1 fully saturated rings. The van der Waals surface area contributed by atoms with E-state index < -0.39 is 0 Å². The molecule has 1 atom stereocenters. The van der Waals surface area contributed by atoms with Crippen LogP contribution in [0.4, 0.5) is 5.69 Å². The number of amides is 1. The summed E-state index contributed by atoms with van der Waals surface area (Å²) in [6, 6.07) is 17.9. The molecule has 0 saturated carbocycles. The number of nitrogens with one attached hydrogen (secondary N) is 1. The Labute approximate surface area is 199 Å². The Kier molecular flexibility index (Phi) is 6.53. The fourth-order valence-corrected chi connectivity index (χ4v) is 4.50. The Balaban J connectivity index is 1.29. The second-order valence-electron chi connectivity index (χ2n) is 8.80. The van der Waals surface area contributed by atoms with E-state index in [9.17, 15) is 4.79 Å². The molecule has 1 N–H and O–H groups in total. The highest BCUT2D eigenvalue weighted by Crippen LogP contribution is 2.22. The number of fused-ring (bicyclic) bond motifs is 1. The Morgan fingerprint density at radius 3 is 2.97 bits per heavy atom. The molecule has 1 aromatic carbocycles. The van der Waals surface area contributed by atoms with Crippen LogP contribution in [0.3, 0.4) is 0 Å². The van der Waals surface area contributed by atoms with Crippen molar-refractivity contribution in [3.8, 4) is 0 Å². The Morgan fingerprint density at radius 1 is 1.15 bits per heavy atom. The molecule has 5 rings (SSSR count). The van der Waals surface area contributed by atoms with Crippen molar-refractivity contribution in [1.29, 1.82) is 0 Å². The van der Waals surface area contributed by atoms with Gasteiger partial charge in [0.05, 0.1) is 31.0 Å². The zero-order valence-corrected chi connectivity index (χ0v) is 19.4. The molecule has 1 aliphatic heterocycles. The Morgan fingerprint density at radius 2 is 2.09 bits per heavy atom. The van der Waals surface area contributed by atoms with Gasteiger partial charge in [0.2, 0.25) is 0 Å². The maximum absolute atomic E-state index is 13.5. The summed E-state index contributed by atoms with van der Waals surface area (Å²) in [4.78, 5) is 19.8. The van der Waals surface area contributed by atoms with Gasteiger partial charge in [-0.3, -0.25) is 9.78 Å². The fraction of sp³-hybridized carbons (Fsp3) is 0.296. The van der Waals surface area contributed by atoms with E-state index in [0.29, 0.717) is 38.4 Å². The first-order chi connectivity index (χ1) is 16.7. The normalized spacial score (nSPS) is 16.4. The van der Waals surface area contributed by atoms with Crippen molar-refractivity contribution in [1.82, 2.24) is 19.5 Å². The maximum Gasteiger partial charge on any atom is 0.254 e. The number of carbonyl (C=O) groups is 1. The maximum atomic E-state index is 13.5. The third kappa shape index (κ3) is 4.94. The van der Waals surface area contributed by atoms with Crippen molar-refractivity contribution in [2.24, 2.45) is 5.92 Å². The van der Waals surface area contributed by atoms with E-state index in [1.54, 1.807) is 6.20 Å². The summed E-state index contributed by atoms with van der Waals surface area (Å²) in [6.07, 6.45) is 6.39. The molecule has 0 bridgehead atoms. The van der Waals surface area contributed by atoms with E-state index in [2.05, 4.69) is 21.5 Å². The van der Waals surface area contributed by atoms with Gasteiger partial charge in [-0.05, 0) is 60.9 Å². The summed E-state index contributed by atoms with van der Waals surface area (Å²) in [5, 5.41) is 7.76. The van der Waals surface area contributed by atoms with Crippen molar-refractivity contribution >= 4 is 17.1 Å². The van der Waals surface area contributed by atoms with Crippen molar-refractivity contribution in [2.45, 2.75) is 19.9 Å². The van der Waals surface area contributed by atoms with Crippen molar-refractivity contribution < 1.29 is 9.53 Å². The van der Waals surface area contributed by atoms with Crippen LogP contribution in [0.2, 0.25) is 0 Å². The Bertz CT molecular complexity index is 1270. The number of benzene rings is 1. The number of anilines is 1. The molecule has 4 heterocycles. The molecule has 34 heavy (non-hydrogen) atoms. The molecule has 174 valence electrons. The third-order valence-electron chi connectivity index (χ3n) is 6.33. The number of hydrogen-bond acceptors (Lipinski definition) is 5. The van der Waals surface area contributed by atoms with Gasteiger partial charge in [-0.1, -0.05) is 18.2 Å². The lowest BCUT2D eigenvalue weighted by molar-refractivity contribution is 0.0737. The molecule has 1 amide bonds. The van der Waals surface area contributed by atoms with Crippen molar-refractivity contribution in [2.75, 3.05) is 31.6 Å². The van der Waals surface area contributed by atoms with Crippen LogP contribution in [0.25, 0.3) is 5.52 Å². The number of pyridine rings is 2. The lowest BCUT2D eigenvalue weighted by Gasteiger charge is -2.24. The number of hydrogen-bond donors (Lipinski definition) is 1. The summed E-state index contributed by atoms with van der Waals surface area (Å²) in [7, 11) is 0. The lowest BCUT2D eigenvalue weighted by atomic mass is 9.99. The molecule has 3 aromatic heterocycles. The highest BCUT2D eigenvalue weighted by atomic mass is 16.5. The topological polar surface area (TPSA) is 71.8 Å². The van der Waals surface area contributed by atoms with E-state index in [4.69, 9.17) is 4.74 Å². The Hall–Kier alpha value is -3.71. The minimum Gasteiger partial charge on any atom is -0.379 e. The van der Waals surface area contributed by atoms with Crippen molar-refractivity contribution in [3.63, 3.8) is 0 Å². The van der Waals surface area contributed by atoms with Gasteiger partial charge in [0, 0.05) is 48.8 Å². The molecular weight excluding hydrogens is 426 g/mol. The molecule has 4 aromatic rings. The summed E-state index contributed by atoms with van der Waals surface area (Å²) >= 11 is 0. The summed E-state index contributed by atoms with van der Waals surface area (Å²) in [5.74, 6) is 0.263.